The Bertz CT molecular complexity index is 158. The summed E-state index contributed by atoms with van der Waals surface area (Å²) in [5.74, 6) is 0.719. The molecule has 0 aliphatic heterocycles. The summed E-state index contributed by atoms with van der Waals surface area (Å²) >= 11 is 0. The van der Waals surface area contributed by atoms with Crippen LogP contribution in [-0.2, 0) is 4.74 Å². The standard InChI is InChI=1S/C13H29NO2/c1-12(2)5-9-16-10-7-14-11-13(3,4)6-8-15/h12,14-15H,5-11H2,1-4H3. The number of hydrogen-bond acceptors (Lipinski definition) is 3. The minimum Gasteiger partial charge on any atom is -0.396 e. The van der Waals surface area contributed by atoms with Gasteiger partial charge in [-0.3, -0.25) is 0 Å². The van der Waals surface area contributed by atoms with E-state index in [9.17, 15) is 0 Å². The van der Waals surface area contributed by atoms with E-state index >= 15 is 0 Å². The van der Waals surface area contributed by atoms with Crippen LogP contribution in [0.25, 0.3) is 0 Å². The van der Waals surface area contributed by atoms with E-state index in [0.29, 0.717) is 0 Å². The van der Waals surface area contributed by atoms with Gasteiger partial charge in [0.1, 0.15) is 0 Å². The van der Waals surface area contributed by atoms with Gasteiger partial charge in [0.25, 0.3) is 0 Å². The van der Waals surface area contributed by atoms with Gasteiger partial charge in [-0.25, -0.2) is 0 Å². The molecule has 0 aromatic carbocycles. The van der Waals surface area contributed by atoms with Gasteiger partial charge in [-0.1, -0.05) is 27.7 Å². The topological polar surface area (TPSA) is 41.5 Å². The summed E-state index contributed by atoms with van der Waals surface area (Å²) in [6.45, 7) is 12.5. The van der Waals surface area contributed by atoms with Crippen molar-refractivity contribution in [3.8, 4) is 0 Å². The lowest BCUT2D eigenvalue weighted by Gasteiger charge is -2.23. The van der Waals surface area contributed by atoms with Gasteiger partial charge >= 0.3 is 0 Å². The zero-order chi connectivity index (χ0) is 12.4. The van der Waals surface area contributed by atoms with Gasteiger partial charge in [0.05, 0.1) is 6.61 Å². The number of rotatable bonds is 10. The molecule has 2 N–H and O–H groups in total. The van der Waals surface area contributed by atoms with Crippen molar-refractivity contribution in [3.05, 3.63) is 0 Å². The van der Waals surface area contributed by atoms with E-state index in [0.717, 1.165) is 45.1 Å². The third-order valence-electron chi connectivity index (χ3n) is 2.65. The van der Waals surface area contributed by atoms with Crippen LogP contribution in [0.4, 0.5) is 0 Å². The lowest BCUT2D eigenvalue weighted by molar-refractivity contribution is 0.122. The van der Waals surface area contributed by atoms with Crippen LogP contribution in [0, 0.1) is 11.3 Å². The van der Waals surface area contributed by atoms with Crippen molar-refractivity contribution < 1.29 is 9.84 Å². The monoisotopic (exact) mass is 231 g/mol. The van der Waals surface area contributed by atoms with Crippen molar-refractivity contribution in [1.82, 2.24) is 5.32 Å². The summed E-state index contributed by atoms with van der Waals surface area (Å²) < 4.78 is 5.51. The Labute approximate surface area is 101 Å². The highest BCUT2D eigenvalue weighted by Gasteiger charge is 2.15. The summed E-state index contributed by atoms with van der Waals surface area (Å²) in [4.78, 5) is 0. The maximum atomic E-state index is 8.87. The summed E-state index contributed by atoms with van der Waals surface area (Å²) in [5, 5.41) is 12.2. The molecule has 0 heterocycles. The predicted octanol–water partition coefficient (Wildman–Crippen LogP) is 2.05. The molecule has 0 bridgehead atoms. The minimum atomic E-state index is 0.173. The van der Waals surface area contributed by atoms with E-state index < -0.39 is 0 Å². The van der Waals surface area contributed by atoms with Crippen molar-refractivity contribution in [2.24, 2.45) is 11.3 Å². The average molecular weight is 231 g/mol. The Hall–Kier alpha value is -0.120. The molecule has 3 heteroatoms. The molecule has 0 aromatic heterocycles. The first-order valence-corrected chi connectivity index (χ1v) is 6.37. The maximum absolute atomic E-state index is 8.87. The first-order valence-electron chi connectivity index (χ1n) is 6.37. The highest BCUT2D eigenvalue weighted by Crippen LogP contribution is 2.17. The molecule has 0 spiro atoms. The lowest BCUT2D eigenvalue weighted by atomic mass is 9.90. The third-order valence-corrected chi connectivity index (χ3v) is 2.65. The van der Waals surface area contributed by atoms with Crippen molar-refractivity contribution in [2.45, 2.75) is 40.5 Å². The van der Waals surface area contributed by atoms with Gasteiger partial charge in [-0.05, 0) is 24.2 Å². The van der Waals surface area contributed by atoms with Gasteiger partial charge in [-0.15, -0.1) is 0 Å². The van der Waals surface area contributed by atoms with Crippen LogP contribution in [0.1, 0.15) is 40.5 Å². The highest BCUT2D eigenvalue weighted by atomic mass is 16.5. The van der Waals surface area contributed by atoms with Gasteiger partial charge in [-0.2, -0.15) is 0 Å². The van der Waals surface area contributed by atoms with Crippen LogP contribution >= 0.6 is 0 Å². The Kier molecular flexibility index (Phi) is 8.90. The van der Waals surface area contributed by atoms with E-state index in [4.69, 9.17) is 9.84 Å². The van der Waals surface area contributed by atoms with Gasteiger partial charge in [0, 0.05) is 26.3 Å². The fourth-order valence-corrected chi connectivity index (χ4v) is 1.38. The molecule has 0 fully saturated rings. The van der Waals surface area contributed by atoms with E-state index in [2.05, 4.69) is 33.0 Å². The van der Waals surface area contributed by atoms with Crippen LogP contribution < -0.4 is 5.32 Å². The Morgan fingerprint density at radius 1 is 1.25 bits per heavy atom. The van der Waals surface area contributed by atoms with Gasteiger partial charge in [0.2, 0.25) is 0 Å². The normalized spacial score (nSPS) is 12.4. The molecule has 0 radical (unpaired) electrons. The molecule has 0 atom stereocenters. The Morgan fingerprint density at radius 3 is 2.50 bits per heavy atom. The third kappa shape index (κ3) is 10.4. The Morgan fingerprint density at radius 2 is 1.94 bits per heavy atom. The predicted molar refractivity (Wildman–Crippen MR) is 68.6 cm³/mol. The molecule has 0 saturated carbocycles. The second kappa shape index (κ2) is 8.97. The molecule has 0 unspecified atom stereocenters. The minimum absolute atomic E-state index is 0.173. The number of ether oxygens (including phenoxy) is 1. The summed E-state index contributed by atoms with van der Waals surface area (Å²) in [6, 6.07) is 0. The van der Waals surface area contributed by atoms with Crippen LogP contribution in [0.3, 0.4) is 0 Å². The number of nitrogens with one attached hydrogen (secondary N) is 1. The van der Waals surface area contributed by atoms with Crippen LogP contribution in [0.15, 0.2) is 0 Å². The van der Waals surface area contributed by atoms with Crippen LogP contribution in [0.2, 0.25) is 0 Å². The van der Waals surface area contributed by atoms with E-state index in [1.165, 1.54) is 0 Å². The van der Waals surface area contributed by atoms with Crippen molar-refractivity contribution in [1.29, 1.82) is 0 Å². The zero-order valence-corrected chi connectivity index (χ0v) is 11.4. The molecule has 0 rings (SSSR count). The van der Waals surface area contributed by atoms with Crippen molar-refractivity contribution in [2.75, 3.05) is 32.9 Å². The fraction of sp³-hybridized carbons (Fsp3) is 1.00. The van der Waals surface area contributed by atoms with Crippen LogP contribution in [0.5, 0.6) is 0 Å². The molecule has 0 saturated heterocycles. The molecule has 0 aromatic rings. The molecular weight excluding hydrogens is 202 g/mol. The lowest BCUT2D eigenvalue weighted by Crippen LogP contribution is -2.32. The van der Waals surface area contributed by atoms with E-state index in [1.807, 2.05) is 0 Å². The molecule has 98 valence electrons. The second-order valence-electron chi connectivity index (χ2n) is 5.61. The summed E-state index contributed by atoms with van der Waals surface area (Å²) in [7, 11) is 0. The first kappa shape index (κ1) is 15.9. The molecule has 3 nitrogen and oxygen atoms in total. The van der Waals surface area contributed by atoms with Gasteiger partial charge < -0.3 is 15.2 Å². The molecule has 0 aliphatic rings. The number of hydrogen-bond donors (Lipinski definition) is 2. The fourth-order valence-electron chi connectivity index (χ4n) is 1.38. The molecule has 0 amide bonds. The smallest absolute Gasteiger partial charge is 0.0590 e. The first-order chi connectivity index (χ1) is 7.48. The summed E-state index contributed by atoms with van der Waals surface area (Å²) in [5.41, 5.74) is 0.173. The number of aliphatic hydroxyl groups is 1. The largest absolute Gasteiger partial charge is 0.396 e. The Balaban J connectivity index is 3.26. The molecular formula is C13H29NO2. The zero-order valence-electron chi connectivity index (χ0n) is 11.4. The highest BCUT2D eigenvalue weighted by molar-refractivity contribution is 4.70. The van der Waals surface area contributed by atoms with Crippen molar-refractivity contribution in [3.63, 3.8) is 0 Å². The SMILES string of the molecule is CC(C)CCOCCNCC(C)(C)CCO. The molecule has 16 heavy (non-hydrogen) atoms. The maximum Gasteiger partial charge on any atom is 0.0590 e. The quantitative estimate of drug-likeness (QED) is 0.565. The van der Waals surface area contributed by atoms with Crippen molar-refractivity contribution >= 4 is 0 Å². The van der Waals surface area contributed by atoms with E-state index in [1.54, 1.807) is 0 Å². The summed E-state index contributed by atoms with van der Waals surface area (Å²) in [6.07, 6.45) is 1.98. The average Bonchev–Trinajstić information content (AvgIpc) is 2.15. The second-order valence-corrected chi connectivity index (χ2v) is 5.61. The van der Waals surface area contributed by atoms with Crippen LogP contribution in [-0.4, -0.2) is 38.0 Å². The number of aliphatic hydroxyl groups excluding tert-OH is 1. The van der Waals surface area contributed by atoms with E-state index in [-0.39, 0.29) is 12.0 Å². The molecule has 0 aliphatic carbocycles. The van der Waals surface area contributed by atoms with Gasteiger partial charge in [0.15, 0.2) is 0 Å².